The number of aromatic nitrogens is 3. The standard InChI is InChI=1S/C27H29F5N6O4/c1-37-18(6-9-33-37)23(39)36-21(14-4-7-26(28,29)8-5-14)24-34-17-10-15(2-3-19(17)42-24)22(16-12-41-13-16)38-11-20(27(30,31)32)35-25(38)40/h2-3,6,9-10,14,16,20-22H,4-5,7-8,11-13H2,1H3,(H,35,40)(H,36,39). The quantitative estimate of drug-likeness (QED) is 0.389. The maximum absolute atomic E-state index is 14.0. The minimum absolute atomic E-state index is 0.132. The van der Waals surface area contributed by atoms with E-state index in [0.29, 0.717) is 16.7 Å². The summed E-state index contributed by atoms with van der Waals surface area (Å²) in [6, 6.07) is 2.14. The maximum Gasteiger partial charge on any atom is 0.410 e. The maximum atomic E-state index is 14.0. The van der Waals surface area contributed by atoms with Crippen LogP contribution >= 0.6 is 0 Å². The van der Waals surface area contributed by atoms with Gasteiger partial charge >= 0.3 is 12.2 Å². The molecule has 3 atom stereocenters. The van der Waals surface area contributed by atoms with Crippen LogP contribution in [0.25, 0.3) is 11.1 Å². The number of rotatable bonds is 7. The van der Waals surface area contributed by atoms with Gasteiger partial charge in [0.15, 0.2) is 5.58 Å². The van der Waals surface area contributed by atoms with Crippen molar-refractivity contribution >= 4 is 23.0 Å². The highest BCUT2D eigenvalue weighted by Gasteiger charge is 2.50. The van der Waals surface area contributed by atoms with Gasteiger partial charge in [-0.15, -0.1) is 0 Å². The highest BCUT2D eigenvalue weighted by molar-refractivity contribution is 5.92. The molecule has 3 fully saturated rings. The van der Waals surface area contributed by atoms with Gasteiger partial charge in [-0.05, 0) is 42.5 Å². The Morgan fingerprint density at radius 3 is 2.50 bits per heavy atom. The van der Waals surface area contributed by atoms with Crippen LogP contribution in [0.4, 0.5) is 26.7 Å². The first-order valence-electron chi connectivity index (χ1n) is 13.7. The van der Waals surface area contributed by atoms with Crippen molar-refractivity contribution in [3.8, 4) is 0 Å². The highest BCUT2D eigenvalue weighted by Crippen LogP contribution is 2.43. The minimum Gasteiger partial charge on any atom is -0.438 e. The van der Waals surface area contributed by atoms with Crippen molar-refractivity contribution in [3.63, 3.8) is 0 Å². The molecule has 3 aliphatic rings. The lowest BCUT2D eigenvalue weighted by Crippen LogP contribution is -2.44. The average molecular weight is 597 g/mol. The Hall–Kier alpha value is -3.75. The van der Waals surface area contributed by atoms with Crippen LogP contribution in [0.15, 0.2) is 34.9 Å². The fourth-order valence-corrected chi connectivity index (χ4v) is 5.99. The molecule has 42 heavy (non-hydrogen) atoms. The number of benzene rings is 1. The van der Waals surface area contributed by atoms with Crippen LogP contribution in [0.2, 0.25) is 0 Å². The van der Waals surface area contributed by atoms with Crippen LogP contribution in [0.5, 0.6) is 0 Å². The zero-order chi connectivity index (χ0) is 29.8. The lowest BCUT2D eigenvalue weighted by Gasteiger charge is -2.39. The van der Waals surface area contributed by atoms with E-state index in [4.69, 9.17) is 9.15 Å². The molecule has 3 aromatic rings. The largest absolute Gasteiger partial charge is 0.438 e. The van der Waals surface area contributed by atoms with Gasteiger partial charge in [0.25, 0.3) is 5.91 Å². The third-order valence-corrected chi connectivity index (χ3v) is 8.39. The lowest BCUT2D eigenvalue weighted by atomic mass is 9.82. The van der Waals surface area contributed by atoms with Crippen LogP contribution in [0.1, 0.15) is 59.7 Å². The lowest BCUT2D eigenvalue weighted by molar-refractivity contribution is -0.151. The van der Waals surface area contributed by atoms with E-state index in [9.17, 15) is 31.5 Å². The SMILES string of the molecule is Cn1nccc1C(=O)NC(c1nc2cc(C(C3COC3)N3CC(C(F)(F)F)NC3=O)ccc2o1)C1CCC(F)(F)CC1. The number of hydrogen-bond acceptors (Lipinski definition) is 6. The first kappa shape index (κ1) is 28.4. The molecule has 0 bridgehead atoms. The number of alkyl halides is 5. The Balaban J connectivity index is 1.31. The van der Waals surface area contributed by atoms with Gasteiger partial charge in [0.1, 0.15) is 23.3 Å². The zero-order valence-electron chi connectivity index (χ0n) is 22.5. The molecule has 3 unspecified atom stereocenters. The molecule has 0 radical (unpaired) electrons. The van der Waals surface area contributed by atoms with Crippen molar-refractivity contribution in [1.29, 1.82) is 0 Å². The van der Waals surface area contributed by atoms with E-state index < -0.39 is 48.7 Å². The van der Waals surface area contributed by atoms with Crippen molar-refractivity contribution in [3.05, 3.63) is 47.6 Å². The number of carbonyl (C=O) groups excluding carboxylic acids is 2. The Labute approximate surface area is 236 Å². The van der Waals surface area contributed by atoms with E-state index in [2.05, 4.69) is 15.4 Å². The van der Waals surface area contributed by atoms with Crippen LogP contribution in [0, 0.1) is 11.8 Å². The summed E-state index contributed by atoms with van der Waals surface area (Å²) in [6.07, 6.45) is -3.51. The summed E-state index contributed by atoms with van der Waals surface area (Å²) < 4.78 is 80.8. The van der Waals surface area contributed by atoms with E-state index in [1.165, 1.54) is 21.8 Å². The summed E-state index contributed by atoms with van der Waals surface area (Å²) in [5.41, 5.74) is 1.53. The number of oxazole rings is 1. The van der Waals surface area contributed by atoms with E-state index in [-0.39, 0.29) is 62.3 Å². The fourth-order valence-electron chi connectivity index (χ4n) is 5.99. The molecule has 2 aliphatic heterocycles. The number of aryl methyl sites for hydroxylation is 1. The topological polar surface area (TPSA) is 115 Å². The first-order valence-corrected chi connectivity index (χ1v) is 13.7. The molecule has 0 spiro atoms. The first-order chi connectivity index (χ1) is 19.9. The Morgan fingerprint density at radius 1 is 1.17 bits per heavy atom. The molecule has 2 aromatic heterocycles. The molecular formula is C27H29F5N6O4. The van der Waals surface area contributed by atoms with Crippen molar-refractivity contribution in [1.82, 2.24) is 30.3 Å². The third kappa shape index (κ3) is 5.41. The van der Waals surface area contributed by atoms with Gasteiger partial charge in [-0.3, -0.25) is 9.48 Å². The smallest absolute Gasteiger partial charge is 0.410 e. The van der Waals surface area contributed by atoms with Crippen molar-refractivity contribution in [2.45, 2.75) is 55.9 Å². The number of hydrogen-bond donors (Lipinski definition) is 2. The molecule has 1 aliphatic carbocycles. The van der Waals surface area contributed by atoms with Crippen LogP contribution in [-0.2, 0) is 11.8 Å². The second-order valence-corrected chi connectivity index (χ2v) is 11.2. The van der Waals surface area contributed by atoms with Crippen LogP contribution < -0.4 is 10.6 Å². The molecule has 2 saturated heterocycles. The summed E-state index contributed by atoms with van der Waals surface area (Å²) in [4.78, 5) is 31.5. The number of halogens is 5. The van der Waals surface area contributed by atoms with E-state index in [0.717, 1.165) is 0 Å². The molecular weight excluding hydrogens is 567 g/mol. The Bertz CT molecular complexity index is 1470. The molecule has 4 heterocycles. The van der Waals surface area contributed by atoms with E-state index in [1.54, 1.807) is 25.2 Å². The van der Waals surface area contributed by atoms with Gasteiger partial charge in [0.05, 0.1) is 25.8 Å². The van der Waals surface area contributed by atoms with Gasteiger partial charge in [-0.25, -0.2) is 18.6 Å². The van der Waals surface area contributed by atoms with Gasteiger partial charge in [0.2, 0.25) is 11.8 Å². The number of fused-ring (bicyclic) bond motifs is 1. The number of nitrogens with one attached hydrogen (secondary N) is 2. The number of carbonyl (C=O) groups is 2. The number of urea groups is 1. The van der Waals surface area contributed by atoms with Gasteiger partial charge in [0, 0.05) is 32.0 Å². The molecule has 226 valence electrons. The molecule has 3 amide bonds. The van der Waals surface area contributed by atoms with Crippen LogP contribution in [-0.4, -0.2) is 69.5 Å². The molecule has 6 rings (SSSR count). The predicted octanol–water partition coefficient (Wildman–Crippen LogP) is 4.50. The molecule has 1 aromatic carbocycles. The molecule has 1 saturated carbocycles. The van der Waals surface area contributed by atoms with E-state index in [1.807, 2.05) is 5.32 Å². The normalized spacial score (nSPS) is 23.0. The Morgan fingerprint density at radius 2 is 1.90 bits per heavy atom. The number of nitrogens with zero attached hydrogens (tertiary/aromatic N) is 4. The minimum atomic E-state index is -4.59. The van der Waals surface area contributed by atoms with Crippen LogP contribution in [0.3, 0.4) is 0 Å². The second-order valence-electron chi connectivity index (χ2n) is 11.2. The summed E-state index contributed by atoms with van der Waals surface area (Å²) >= 11 is 0. The van der Waals surface area contributed by atoms with Crippen molar-refractivity contribution in [2.75, 3.05) is 19.8 Å². The summed E-state index contributed by atoms with van der Waals surface area (Å²) in [7, 11) is 1.60. The Kier molecular flexibility index (Phi) is 7.10. The second kappa shape index (κ2) is 10.5. The molecule has 10 nitrogen and oxygen atoms in total. The fraction of sp³-hybridized carbons (Fsp3) is 0.556. The van der Waals surface area contributed by atoms with Gasteiger partial charge in [-0.2, -0.15) is 18.3 Å². The summed E-state index contributed by atoms with van der Waals surface area (Å²) in [5, 5.41) is 8.92. The van der Waals surface area contributed by atoms with Gasteiger partial charge < -0.3 is 24.7 Å². The zero-order valence-corrected chi connectivity index (χ0v) is 22.5. The third-order valence-electron chi connectivity index (χ3n) is 8.39. The predicted molar refractivity (Wildman–Crippen MR) is 136 cm³/mol. The number of amides is 3. The van der Waals surface area contributed by atoms with Crippen molar-refractivity contribution in [2.24, 2.45) is 18.9 Å². The molecule has 2 N–H and O–H groups in total. The summed E-state index contributed by atoms with van der Waals surface area (Å²) in [6.45, 7) is 0.0172. The average Bonchev–Trinajstić information content (AvgIpc) is 3.62. The van der Waals surface area contributed by atoms with Gasteiger partial charge in [-0.1, -0.05) is 6.07 Å². The van der Waals surface area contributed by atoms with Crippen molar-refractivity contribution < 1.29 is 40.7 Å². The van der Waals surface area contributed by atoms with E-state index >= 15 is 0 Å². The monoisotopic (exact) mass is 596 g/mol. The highest BCUT2D eigenvalue weighted by atomic mass is 19.4. The summed E-state index contributed by atoms with van der Waals surface area (Å²) in [5.74, 6) is -3.71. The molecule has 15 heteroatoms. The number of ether oxygens (including phenoxy) is 1.